The molecule has 12 heteroatoms. The standard InChI is InChI=1S/C26H34F3N6O2P/c1-35-10-4-11-37-12-9-30-16-5-6-17(13-16)33-25-32-15-20(26(27,28)29)22(34-25)19-14-31-23-18(19)7-8-21(35)24(23)38(2,3)36/h7-8,14-17,30-31H,4-6,9-13H2,1-3H3,(H,32,33,34)/t16-,17-/m0/s1. The topological polar surface area (TPSA) is 95.2 Å². The molecule has 38 heavy (non-hydrogen) atoms. The van der Waals surface area contributed by atoms with Gasteiger partial charge in [-0.05, 0) is 45.1 Å². The van der Waals surface area contributed by atoms with Crippen molar-refractivity contribution in [2.24, 2.45) is 0 Å². The van der Waals surface area contributed by atoms with Crippen molar-refractivity contribution in [3.8, 4) is 11.3 Å². The summed E-state index contributed by atoms with van der Waals surface area (Å²) in [6, 6.07) is 3.98. The molecule has 3 N–H and O–H groups in total. The number of alkyl halides is 3. The number of anilines is 2. The molecule has 8 nitrogen and oxygen atoms in total. The largest absolute Gasteiger partial charge is 0.419 e. The number of rotatable bonds is 1. The van der Waals surface area contributed by atoms with Crippen LogP contribution in [0.25, 0.3) is 22.2 Å². The van der Waals surface area contributed by atoms with Crippen LogP contribution in [-0.4, -0.2) is 73.7 Å². The minimum Gasteiger partial charge on any atom is -0.380 e. The van der Waals surface area contributed by atoms with Crippen LogP contribution in [0.2, 0.25) is 0 Å². The normalized spacial score (nSPS) is 21.7. The minimum atomic E-state index is -4.64. The van der Waals surface area contributed by atoms with Gasteiger partial charge in [-0.25, -0.2) is 9.97 Å². The van der Waals surface area contributed by atoms with Crippen LogP contribution in [0.15, 0.2) is 24.5 Å². The van der Waals surface area contributed by atoms with Crippen molar-refractivity contribution in [1.82, 2.24) is 20.3 Å². The molecular formula is C26H34F3N6O2P. The van der Waals surface area contributed by atoms with Gasteiger partial charge in [0.15, 0.2) is 0 Å². The molecule has 1 fully saturated rings. The Hall–Kier alpha value is -2.62. The predicted molar refractivity (Wildman–Crippen MR) is 145 cm³/mol. The number of H-pyrrole nitrogens is 1. The highest BCUT2D eigenvalue weighted by molar-refractivity contribution is 7.71. The maximum absolute atomic E-state index is 14.1. The van der Waals surface area contributed by atoms with Gasteiger partial charge in [0.25, 0.3) is 0 Å². The number of nitrogens with one attached hydrogen (secondary N) is 3. The second kappa shape index (κ2) is 10.5. The highest BCUT2D eigenvalue weighted by Crippen LogP contribution is 2.44. The highest BCUT2D eigenvalue weighted by Gasteiger charge is 2.37. The Kier molecular flexibility index (Phi) is 7.46. The summed E-state index contributed by atoms with van der Waals surface area (Å²) >= 11 is 0. The number of aromatic amines is 1. The van der Waals surface area contributed by atoms with Gasteiger partial charge in [0, 0.05) is 67.9 Å². The van der Waals surface area contributed by atoms with E-state index in [0.29, 0.717) is 47.6 Å². The summed E-state index contributed by atoms with van der Waals surface area (Å²) in [7, 11) is -0.903. The monoisotopic (exact) mass is 550 g/mol. The Morgan fingerprint density at radius 3 is 2.71 bits per heavy atom. The lowest BCUT2D eigenvalue weighted by Crippen LogP contribution is -2.31. The van der Waals surface area contributed by atoms with Crippen molar-refractivity contribution < 1.29 is 22.5 Å². The number of hydrogen-bond acceptors (Lipinski definition) is 7. The molecule has 0 saturated heterocycles. The molecule has 1 saturated carbocycles. The van der Waals surface area contributed by atoms with Gasteiger partial charge in [-0.15, -0.1) is 0 Å². The van der Waals surface area contributed by atoms with Crippen molar-refractivity contribution in [1.29, 1.82) is 0 Å². The lowest BCUT2D eigenvalue weighted by Gasteiger charge is -2.25. The van der Waals surface area contributed by atoms with Gasteiger partial charge >= 0.3 is 6.18 Å². The highest BCUT2D eigenvalue weighted by atomic mass is 31.2. The number of nitrogens with zero attached hydrogens (tertiary/aromatic N) is 3. The van der Waals surface area contributed by atoms with E-state index in [2.05, 4.69) is 25.6 Å². The molecule has 2 aromatic heterocycles. The number of benzene rings is 1. The van der Waals surface area contributed by atoms with Gasteiger partial charge in [0.05, 0.1) is 23.1 Å². The molecule has 1 aliphatic carbocycles. The van der Waals surface area contributed by atoms with Gasteiger partial charge in [0.2, 0.25) is 5.95 Å². The second-order valence-electron chi connectivity index (χ2n) is 10.6. The van der Waals surface area contributed by atoms with Crippen molar-refractivity contribution in [2.75, 3.05) is 56.9 Å². The smallest absolute Gasteiger partial charge is 0.380 e. The summed E-state index contributed by atoms with van der Waals surface area (Å²) in [6.07, 6.45) is 1.18. The van der Waals surface area contributed by atoms with Crippen LogP contribution in [0.1, 0.15) is 31.2 Å². The van der Waals surface area contributed by atoms with Gasteiger partial charge in [-0.1, -0.05) is 6.07 Å². The third-order valence-corrected chi connectivity index (χ3v) is 8.86. The summed E-state index contributed by atoms with van der Waals surface area (Å²) in [5.74, 6) is 0.166. The summed E-state index contributed by atoms with van der Waals surface area (Å²) in [5.41, 5.74) is 0.545. The van der Waals surface area contributed by atoms with Crippen molar-refractivity contribution in [2.45, 2.75) is 43.9 Å². The molecule has 3 aliphatic rings. The van der Waals surface area contributed by atoms with Crippen LogP contribution in [-0.2, 0) is 15.5 Å². The zero-order valence-electron chi connectivity index (χ0n) is 21.9. The second-order valence-corrected chi connectivity index (χ2v) is 13.7. The van der Waals surface area contributed by atoms with E-state index in [-0.39, 0.29) is 17.7 Å². The van der Waals surface area contributed by atoms with Crippen molar-refractivity contribution in [3.63, 3.8) is 0 Å². The number of halogens is 3. The SMILES string of the molecule is CN1CCCOCCN[C@H]2CC[C@@H](C2)Nc2ncc(C(F)(F)F)c(n2)-c2c[nH]c3c(P(C)(C)=O)c1ccc23. The fourth-order valence-corrected chi connectivity index (χ4v) is 7.05. The average molecular weight is 551 g/mol. The lowest BCUT2D eigenvalue weighted by atomic mass is 10.1. The third kappa shape index (κ3) is 5.55. The molecule has 8 bridgehead atoms. The molecule has 3 aromatic rings. The molecule has 1 aromatic carbocycles. The summed E-state index contributed by atoms with van der Waals surface area (Å²) in [5, 5.41) is 7.91. The third-order valence-electron chi connectivity index (χ3n) is 7.33. The zero-order valence-corrected chi connectivity index (χ0v) is 22.8. The van der Waals surface area contributed by atoms with Crippen molar-refractivity contribution >= 4 is 35.0 Å². The quantitative estimate of drug-likeness (QED) is 0.379. The molecule has 0 amide bonds. The first-order chi connectivity index (χ1) is 18.0. The molecule has 4 heterocycles. The van der Waals surface area contributed by atoms with E-state index in [4.69, 9.17) is 4.74 Å². The fourth-order valence-electron chi connectivity index (χ4n) is 5.53. The first kappa shape index (κ1) is 27.0. The molecule has 6 rings (SSSR count). The maximum Gasteiger partial charge on any atom is 0.419 e. The molecule has 2 atom stereocenters. The number of aromatic nitrogens is 3. The maximum atomic E-state index is 14.1. The first-order valence-electron chi connectivity index (χ1n) is 13.0. The van der Waals surface area contributed by atoms with Crippen LogP contribution in [0.4, 0.5) is 24.8 Å². The van der Waals surface area contributed by atoms with E-state index in [1.165, 1.54) is 6.20 Å². The van der Waals surface area contributed by atoms with E-state index < -0.39 is 18.9 Å². The van der Waals surface area contributed by atoms with Crippen LogP contribution in [0.5, 0.6) is 0 Å². The molecule has 2 aliphatic heterocycles. The minimum absolute atomic E-state index is 0.0577. The summed E-state index contributed by atoms with van der Waals surface area (Å²) in [6.45, 7) is 5.98. The van der Waals surface area contributed by atoms with E-state index in [1.807, 2.05) is 18.0 Å². The average Bonchev–Trinajstić information content (AvgIpc) is 3.47. The van der Waals surface area contributed by atoms with Gasteiger partial charge in [-0.3, -0.25) is 0 Å². The Bertz CT molecular complexity index is 1350. The van der Waals surface area contributed by atoms with E-state index in [9.17, 15) is 17.7 Å². The Morgan fingerprint density at radius 1 is 1.16 bits per heavy atom. The molecule has 206 valence electrons. The van der Waals surface area contributed by atoms with Gasteiger partial charge in [-0.2, -0.15) is 13.2 Å². The Balaban J connectivity index is 1.65. The van der Waals surface area contributed by atoms with Crippen LogP contribution in [0.3, 0.4) is 0 Å². The van der Waals surface area contributed by atoms with E-state index >= 15 is 0 Å². The zero-order chi connectivity index (χ0) is 27.1. The fraction of sp³-hybridized carbons (Fsp3) is 0.538. The lowest BCUT2D eigenvalue weighted by molar-refractivity contribution is -0.137. The van der Waals surface area contributed by atoms with E-state index in [0.717, 1.165) is 44.1 Å². The molecular weight excluding hydrogens is 516 g/mol. The number of ether oxygens (including phenoxy) is 1. The first-order valence-corrected chi connectivity index (χ1v) is 15.6. The number of hydrogen-bond donors (Lipinski definition) is 3. The van der Waals surface area contributed by atoms with Crippen LogP contribution < -0.4 is 20.8 Å². The van der Waals surface area contributed by atoms with Crippen LogP contribution in [0, 0.1) is 0 Å². The van der Waals surface area contributed by atoms with Gasteiger partial charge < -0.3 is 29.8 Å². The molecule has 0 spiro atoms. The Morgan fingerprint density at radius 2 is 1.95 bits per heavy atom. The van der Waals surface area contributed by atoms with Crippen molar-refractivity contribution in [3.05, 3.63) is 30.1 Å². The molecule has 0 unspecified atom stereocenters. The summed E-state index contributed by atoms with van der Waals surface area (Å²) in [4.78, 5) is 13.6. The van der Waals surface area contributed by atoms with E-state index in [1.54, 1.807) is 19.4 Å². The van der Waals surface area contributed by atoms with Gasteiger partial charge in [0.1, 0.15) is 12.7 Å². The predicted octanol–water partition coefficient (Wildman–Crippen LogP) is 4.67. The number of fused-ring (bicyclic) bond motifs is 8. The summed E-state index contributed by atoms with van der Waals surface area (Å²) < 4.78 is 61.6. The molecule has 0 radical (unpaired) electrons. The Labute approximate surface area is 220 Å². The van der Waals surface area contributed by atoms with Crippen LogP contribution >= 0.6 is 7.14 Å².